The molecule has 0 bridgehead atoms. The number of nitrogens with zero attached hydrogens (tertiary/aromatic N) is 1. The fourth-order valence-corrected chi connectivity index (χ4v) is 4.35. The van der Waals surface area contributed by atoms with Crippen molar-refractivity contribution in [1.29, 1.82) is 0 Å². The summed E-state index contributed by atoms with van der Waals surface area (Å²) in [6.45, 7) is 1.18. The number of aromatic nitrogens is 1. The summed E-state index contributed by atoms with van der Waals surface area (Å²) in [4.78, 5) is 26.6. The second-order valence-electron chi connectivity index (χ2n) is 6.27. The molecule has 1 fully saturated rings. The summed E-state index contributed by atoms with van der Waals surface area (Å²) < 4.78 is 37.0. The lowest BCUT2D eigenvalue weighted by Gasteiger charge is -2.25. The molecule has 1 aromatic carbocycles. The van der Waals surface area contributed by atoms with E-state index in [0.717, 1.165) is 0 Å². The summed E-state index contributed by atoms with van der Waals surface area (Å²) in [7, 11) is -3.69. The first-order valence-electron chi connectivity index (χ1n) is 8.58. The minimum Gasteiger partial charge on any atom is -0.482 e. The highest BCUT2D eigenvalue weighted by Crippen LogP contribution is 2.30. The number of sulfonamides is 1. The van der Waals surface area contributed by atoms with Crippen LogP contribution in [0.4, 0.5) is 11.4 Å². The van der Waals surface area contributed by atoms with E-state index in [4.69, 9.17) is 9.47 Å². The SMILES string of the molecule is O=C1COc2ccc(NC(=O)c3cc(S(=O)(=O)N4CCOCC4)c[nH]3)cc2N1. The Morgan fingerprint density at radius 1 is 1.18 bits per heavy atom. The zero-order valence-corrected chi connectivity index (χ0v) is 15.5. The number of amides is 2. The standard InChI is InChI=1S/C17H18N4O6S/c22-16-10-27-15-2-1-11(7-13(15)20-16)19-17(23)14-8-12(9-18-14)28(24,25)21-3-5-26-6-4-21/h1-2,7-9,18H,3-6,10H2,(H,19,23)(H,20,22). The molecule has 1 aromatic heterocycles. The molecule has 148 valence electrons. The largest absolute Gasteiger partial charge is 0.482 e. The Labute approximate surface area is 160 Å². The fraction of sp³-hybridized carbons (Fsp3) is 0.294. The molecule has 2 amide bonds. The fourth-order valence-electron chi connectivity index (χ4n) is 2.95. The van der Waals surface area contributed by atoms with Gasteiger partial charge in [0.25, 0.3) is 11.8 Å². The van der Waals surface area contributed by atoms with Crippen LogP contribution in [-0.4, -0.2) is 62.4 Å². The van der Waals surface area contributed by atoms with Crippen molar-refractivity contribution in [1.82, 2.24) is 9.29 Å². The molecule has 2 aromatic rings. The number of benzene rings is 1. The first kappa shape index (κ1) is 18.5. The second kappa shape index (κ2) is 7.26. The third-order valence-electron chi connectivity index (χ3n) is 4.38. The Balaban J connectivity index is 1.49. The van der Waals surface area contributed by atoms with E-state index >= 15 is 0 Å². The molecule has 3 N–H and O–H groups in total. The topological polar surface area (TPSA) is 130 Å². The van der Waals surface area contributed by atoms with Crippen LogP contribution < -0.4 is 15.4 Å². The van der Waals surface area contributed by atoms with Crippen molar-refractivity contribution in [3.63, 3.8) is 0 Å². The van der Waals surface area contributed by atoms with E-state index in [-0.39, 0.29) is 36.2 Å². The molecule has 0 aliphatic carbocycles. The molecule has 11 heteroatoms. The van der Waals surface area contributed by atoms with Crippen LogP contribution in [0.2, 0.25) is 0 Å². The van der Waals surface area contributed by atoms with Gasteiger partial charge in [0.15, 0.2) is 6.61 Å². The average Bonchev–Trinajstić information content (AvgIpc) is 3.20. The molecule has 0 atom stereocenters. The Morgan fingerprint density at radius 2 is 1.96 bits per heavy atom. The van der Waals surface area contributed by atoms with Gasteiger partial charge in [0.1, 0.15) is 16.3 Å². The number of anilines is 2. The Kier molecular flexibility index (Phi) is 4.79. The summed E-state index contributed by atoms with van der Waals surface area (Å²) in [5.41, 5.74) is 0.989. The molecule has 28 heavy (non-hydrogen) atoms. The molecule has 0 spiro atoms. The van der Waals surface area contributed by atoms with Gasteiger partial charge in [-0.3, -0.25) is 9.59 Å². The van der Waals surface area contributed by atoms with Crippen LogP contribution in [0.15, 0.2) is 35.4 Å². The maximum atomic E-state index is 12.6. The molecular formula is C17H18N4O6S. The highest BCUT2D eigenvalue weighted by Gasteiger charge is 2.28. The summed E-state index contributed by atoms with van der Waals surface area (Å²) >= 11 is 0. The number of aromatic amines is 1. The number of hydrogen-bond acceptors (Lipinski definition) is 6. The van der Waals surface area contributed by atoms with E-state index in [0.29, 0.717) is 30.3 Å². The van der Waals surface area contributed by atoms with Gasteiger partial charge in [0, 0.05) is 25.0 Å². The van der Waals surface area contributed by atoms with E-state index < -0.39 is 15.9 Å². The van der Waals surface area contributed by atoms with Crippen molar-refractivity contribution < 1.29 is 27.5 Å². The van der Waals surface area contributed by atoms with Gasteiger partial charge in [-0.2, -0.15) is 4.31 Å². The first-order chi connectivity index (χ1) is 13.4. The van der Waals surface area contributed by atoms with E-state index in [9.17, 15) is 18.0 Å². The van der Waals surface area contributed by atoms with Crippen LogP contribution >= 0.6 is 0 Å². The van der Waals surface area contributed by atoms with Crippen molar-refractivity contribution in [3.8, 4) is 5.75 Å². The Bertz CT molecular complexity index is 1030. The third kappa shape index (κ3) is 3.59. The van der Waals surface area contributed by atoms with Crippen molar-refractivity contribution in [2.75, 3.05) is 43.5 Å². The van der Waals surface area contributed by atoms with Gasteiger partial charge in [0.2, 0.25) is 10.0 Å². The van der Waals surface area contributed by atoms with E-state index in [1.54, 1.807) is 18.2 Å². The number of H-pyrrole nitrogens is 1. The number of carbonyl (C=O) groups is 2. The summed E-state index contributed by atoms with van der Waals surface area (Å²) in [5, 5.41) is 5.32. The minimum absolute atomic E-state index is 0.0191. The minimum atomic E-state index is -3.69. The normalized spacial score (nSPS) is 17.4. The maximum absolute atomic E-state index is 12.6. The van der Waals surface area contributed by atoms with E-state index in [1.165, 1.54) is 16.6 Å². The highest BCUT2D eigenvalue weighted by atomic mass is 32.2. The van der Waals surface area contributed by atoms with Crippen molar-refractivity contribution >= 4 is 33.2 Å². The number of nitrogens with one attached hydrogen (secondary N) is 3. The van der Waals surface area contributed by atoms with Gasteiger partial charge in [-0.05, 0) is 24.3 Å². The van der Waals surface area contributed by atoms with Gasteiger partial charge >= 0.3 is 0 Å². The van der Waals surface area contributed by atoms with Crippen LogP contribution in [0, 0.1) is 0 Å². The Hall–Kier alpha value is -2.89. The zero-order chi connectivity index (χ0) is 19.7. The number of hydrogen-bond donors (Lipinski definition) is 3. The molecule has 2 aliphatic rings. The zero-order valence-electron chi connectivity index (χ0n) is 14.7. The smallest absolute Gasteiger partial charge is 0.272 e. The lowest BCUT2D eigenvalue weighted by Crippen LogP contribution is -2.40. The van der Waals surface area contributed by atoms with Gasteiger partial charge in [-0.1, -0.05) is 0 Å². The average molecular weight is 406 g/mol. The number of ether oxygens (including phenoxy) is 2. The summed E-state index contributed by atoms with van der Waals surface area (Å²) in [5.74, 6) is -0.277. The van der Waals surface area contributed by atoms with Crippen LogP contribution in [0.3, 0.4) is 0 Å². The molecule has 3 heterocycles. The molecule has 0 unspecified atom stereocenters. The summed E-state index contributed by atoms with van der Waals surface area (Å²) in [6.07, 6.45) is 1.29. The van der Waals surface area contributed by atoms with Crippen LogP contribution in [0.1, 0.15) is 10.5 Å². The molecule has 1 saturated heterocycles. The van der Waals surface area contributed by atoms with E-state index in [2.05, 4.69) is 15.6 Å². The molecular weight excluding hydrogens is 388 g/mol. The summed E-state index contributed by atoms with van der Waals surface area (Å²) in [6, 6.07) is 6.12. The van der Waals surface area contributed by atoms with Crippen LogP contribution in [0.25, 0.3) is 0 Å². The molecule has 4 rings (SSSR count). The predicted octanol–water partition coefficient (Wildman–Crippen LogP) is 0.619. The van der Waals surface area contributed by atoms with Gasteiger partial charge in [-0.25, -0.2) is 8.42 Å². The van der Waals surface area contributed by atoms with Crippen molar-refractivity contribution in [2.24, 2.45) is 0 Å². The van der Waals surface area contributed by atoms with Gasteiger partial charge in [-0.15, -0.1) is 0 Å². The lowest BCUT2D eigenvalue weighted by molar-refractivity contribution is -0.118. The van der Waals surface area contributed by atoms with Crippen LogP contribution in [0.5, 0.6) is 5.75 Å². The number of fused-ring (bicyclic) bond motifs is 1. The monoisotopic (exact) mass is 406 g/mol. The number of rotatable bonds is 4. The molecule has 10 nitrogen and oxygen atoms in total. The van der Waals surface area contributed by atoms with Crippen molar-refractivity contribution in [3.05, 3.63) is 36.2 Å². The van der Waals surface area contributed by atoms with Crippen molar-refractivity contribution in [2.45, 2.75) is 4.90 Å². The highest BCUT2D eigenvalue weighted by molar-refractivity contribution is 7.89. The second-order valence-corrected chi connectivity index (χ2v) is 8.21. The molecule has 2 aliphatic heterocycles. The third-order valence-corrected chi connectivity index (χ3v) is 6.26. The lowest BCUT2D eigenvalue weighted by atomic mass is 10.2. The molecule has 0 radical (unpaired) electrons. The van der Waals surface area contributed by atoms with Crippen LogP contribution in [-0.2, 0) is 19.6 Å². The first-order valence-corrected chi connectivity index (χ1v) is 10.0. The van der Waals surface area contributed by atoms with E-state index in [1.807, 2.05) is 0 Å². The van der Waals surface area contributed by atoms with Gasteiger partial charge in [0.05, 0.1) is 18.9 Å². The Morgan fingerprint density at radius 3 is 2.75 bits per heavy atom. The van der Waals surface area contributed by atoms with Gasteiger partial charge < -0.3 is 25.1 Å². The molecule has 0 saturated carbocycles. The number of morpholine rings is 1. The maximum Gasteiger partial charge on any atom is 0.272 e. The predicted molar refractivity (Wildman–Crippen MR) is 98.9 cm³/mol. The quantitative estimate of drug-likeness (QED) is 0.682. The number of carbonyl (C=O) groups excluding carboxylic acids is 2.